The molecule has 2 atom stereocenters. The minimum absolute atomic E-state index is 0.375. The number of fused-ring (bicyclic) bond motifs is 2. The first-order valence-electron chi connectivity index (χ1n) is 7.54. The molecule has 2 fully saturated rings. The van der Waals surface area contributed by atoms with E-state index >= 15 is 0 Å². The van der Waals surface area contributed by atoms with Crippen molar-refractivity contribution in [3.8, 4) is 11.5 Å². The van der Waals surface area contributed by atoms with Crippen LogP contribution in [0.5, 0.6) is 11.5 Å². The van der Waals surface area contributed by atoms with Gasteiger partial charge in [0, 0.05) is 30.2 Å². The summed E-state index contributed by atoms with van der Waals surface area (Å²) in [7, 11) is 3.42. The van der Waals surface area contributed by atoms with E-state index < -0.39 is 0 Å². The van der Waals surface area contributed by atoms with Crippen LogP contribution in [0, 0.1) is 0 Å². The summed E-state index contributed by atoms with van der Waals surface area (Å²) >= 11 is 3.52. The number of hydrogen-bond donors (Lipinski definition) is 1. The zero-order valence-electron chi connectivity index (χ0n) is 12.6. The maximum Gasteiger partial charge on any atom is 0.133 e. The molecule has 21 heavy (non-hydrogen) atoms. The Morgan fingerprint density at radius 1 is 1.14 bits per heavy atom. The van der Waals surface area contributed by atoms with Crippen molar-refractivity contribution in [2.24, 2.45) is 5.73 Å². The number of nitrogens with zero attached hydrogens (tertiary/aromatic N) is 1. The molecule has 2 aliphatic heterocycles. The van der Waals surface area contributed by atoms with Crippen molar-refractivity contribution >= 4 is 15.9 Å². The van der Waals surface area contributed by atoms with Crippen LogP contribution in [0.3, 0.4) is 0 Å². The Bertz CT molecular complexity index is 509. The van der Waals surface area contributed by atoms with E-state index in [-0.39, 0.29) is 0 Å². The Hall–Kier alpha value is -0.780. The van der Waals surface area contributed by atoms with Crippen LogP contribution in [-0.4, -0.2) is 37.2 Å². The molecule has 2 aliphatic rings. The molecule has 1 aromatic carbocycles. The summed E-state index contributed by atoms with van der Waals surface area (Å²) in [4.78, 5) is 2.61. The average Bonchev–Trinajstić information content (AvgIpc) is 2.70. The van der Waals surface area contributed by atoms with Crippen molar-refractivity contribution < 1.29 is 9.47 Å². The van der Waals surface area contributed by atoms with Gasteiger partial charge in [0.15, 0.2) is 0 Å². The largest absolute Gasteiger partial charge is 0.496 e. The van der Waals surface area contributed by atoms with Gasteiger partial charge in [0.05, 0.1) is 18.7 Å². The summed E-state index contributed by atoms with van der Waals surface area (Å²) in [6, 6.07) is 5.69. The third-order valence-electron chi connectivity index (χ3n) is 4.83. The van der Waals surface area contributed by atoms with Gasteiger partial charge in [-0.2, -0.15) is 0 Å². The van der Waals surface area contributed by atoms with Crippen LogP contribution in [0.4, 0.5) is 0 Å². The van der Waals surface area contributed by atoms with Crippen molar-refractivity contribution in [1.82, 2.24) is 4.90 Å². The van der Waals surface area contributed by atoms with Gasteiger partial charge in [-0.15, -0.1) is 0 Å². The molecule has 2 unspecified atom stereocenters. The van der Waals surface area contributed by atoms with Gasteiger partial charge in [0.25, 0.3) is 0 Å². The van der Waals surface area contributed by atoms with Gasteiger partial charge in [-0.05, 0) is 53.7 Å². The smallest absolute Gasteiger partial charge is 0.133 e. The van der Waals surface area contributed by atoms with Crippen molar-refractivity contribution in [1.29, 1.82) is 0 Å². The monoisotopic (exact) mass is 354 g/mol. The van der Waals surface area contributed by atoms with Crippen molar-refractivity contribution in [2.75, 3.05) is 14.2 Å². The second kappa shape index (κ2) is 6.15. The summed E-state index contributed by atoms with van der Waals surface area (Å²) < 4.78 is 11.9. The number of piperidine rings is 1. The molecular weight excluding hydrogens is 332 g/mol. The van der Waals surface area contributed by atoms with E-state index in [9.17, 15) is 0 Å². The summed E-state index contributed by atoms with van der Waals surface area (Å²) in [5.41, 5.74) is 7.34. The van der Waals surface area contributed by atoms with Crippen LogP contribution >= 0.6 is 15.9 Å². The van der Waals surface area contributed by atoms with E-state index in [2.05, 4.69) is 26.9 Å². The van der Waals surface area contributed by atoms with Gasteiger partial charge in [-0.3, -0.25) is 4.90 Å². The topological polar surface area (TPSA) is 47.7 Å². The molecule has 4 nitrogen and oxygen atoms in total. The number of benzene rings is 1. The van der Waals surface area contributed by atoms with E-state index in [1.54, 1.807) is 14.2 Å². The lowest BCUT2D eigenvalue weighted by molar-refractivity contribution is 0.118. The number of nitrogens with two attached hydrogens (primary N) is 1. The Morgan fingerprint density at radius 3 is 2.33 bits per heavy atom. The van der Waals surface area contributed by atoms with Gasteiger partial charge in [0.1, 0.15) is 11.5 Å². The van der Waals surface area contributed by atoms with Gasteiger partial charge in [0.2, 0.25) is 0 Å². The quantitative estimate of drug-likeness (QED) is 0.902. The SMILES string of the molecule is COc1cc(CN2C3CCC2CC(N)C3)c(OC)cc1Br. The van der Waals surface area contributed by atoms with Crippen molar-refractivity contribution in [3.63, 3.8) is 0 Å². The molecular formula is C16H23BrN2O2. The van der Waals surface area contributed by atoms with Crippen LogP contribution in [-0.2, 0) is 6.54 Å². The first-order chi connectivity index (χ1) is 10.1. The maximum absolute atomic E-state index is 6.16. The van der Waals surface area contributed by atoms with Gasteiger partial charge in [-0.1, -0.05) is 0 Å². The molecule has 3 rings (SSSR count). The first-order valence-corrected chi connectivity index (χ1v) is 8.33. The van der Waals surface area contributed by atoms with Crippen LogP contribution in [0.1, 0.15) is 31.2 Å². The minimum atomic E-state index is 0.375. The van der Waals surface area contributed by atoms with Crippen LogP contribution in [0.25, 0.3) is 0 Å². The Labute approximate surface area is 134 Å². The molecule has 5 heteroatoms. The second-order valence-corrected chi connectivity index (χ2v) is 6.94. The van der Waals surface area contributed by atoms with Crippen molar-refractivity contribution in [2.45, 2.75) is 50.4 Å². The molecule has 0 aromatic heterocycles. The average molecular weight is 355 g/mol. The molecule has 2 heterocycles. The predicted octanol–water partition coefficient (Wildman–Crippen LogP) is 2.92. The molecule has 0 aliphatic carbocycles. The molecule has 0 amide bonds. The number of methoxy groups -OCH3 is 2. The number of halogens is 1. The second-order valence-electron chi connectivity index (χ2n) is 6.09. The predicted molar refractivity (Wildman–Crippen MR) is 86.8 cm³/mol. The molecule has 1 aromatic rings. The zero-order chi connectivity index (χ0) is 15.0. The van der Waals surface area contributed by atoms with E-state index in [0.717, 1.165) is 35.4 Å². The van der Waals surface area contributed by atoms with Gasteiger partial charge < -0.3 is 15.2 Å². The third kappa shape index (κ3) is 2.91. The Balaban J connectivity index is 1.84. The number of ether oxygens (including phenoxy) is 2. The molecule has 2 bridgehead atoms. The van der Waals surface area contributed by atoms with Gasteiger partial charge >= 0.3 is 0 Å². The Morgan fingerprint density at radius 2 is 1.76 bits per heavy atom. The maximum atomic E-state index is 6.16. The van der Waals surface area contributed by atoms with Crippen LogP contribution in [0.15, 0.2) is 16.6 Å². The van der Waals surface area contributed by atoms with Crippen LogP contribution < -0.4 is 15.2 Å². The fourth-order valence-electron chi connectivity index (χ4n) is 3.82. The summed E-state index contributed by atoms with van der Waals surface area (Å²) in [6.45, 7) is 0.912. The molecule has 0 saturated carbocycles. The fourth-order valence-corrected chi connectivity index (χ4v) is 4.30. The number of hydrogen-bond acceptors (Lipinski definition) is 4. The standard InChI is InChI=1S/C16H23BrN2O2/c1-20-15-8-14(17)16(21-2)5-10(15)9-19-12-3-4-13(19)7-11(18)6-12/h5,8,11-13H,3-4,6-7,9,18H2,1-2H3. The number of rotatable bonds is 4. The summed E-state index contributed by atoms with van der Waals surface area (Å²) in [6.07, 6.45) is 4.78. The minimum Gasteiger partial charge on any atom is -0.496 e. The van der Waals surface area contributed by atoms with E-state index in [0.29, 0.717) is 18.1 Å². The molecule has 2 N–H and O–H groups in total. The highest BCUT2D eigenvalue weighted by atomic mass is 79.9. The highest BCUT2D eigenvalue weighted by molar-refractivity contribution is 9.10. The summed E-state index contributed by atoms with van der Waals surface area (Å²) in [5, 5.41) is 0. The van der Waals surface area contributed by atoms with Gasteiger partial charge in [-0.25, -0.2) is 0 Å². The van der Waals surface area contributed by atoms with E-state index in [1.165, 1.54) is 18.4 Å². The molecule has 0 spiro atoms. The third-order valence-corrected chi connectivity index (χ3v) is 5.45. The van der Waals surface area contributed by atoms with E-state index in [1.807, 2.05) is 6.07 Å². The highest BCUT2D eigenvalue weighted by Gasteiger charge is 2.39. The van der Waals surface area contributed by atoms with E-state index in [4.69, 9.17) is 15.2 Å². The first kappa shape index (κ1) is 15.1. The normalized spacial score (nSPS) is 28.7. The lowest BCUT2D eigenvalue weighted by Gasteiger charge is -2.38. The lowest BCUT2D eigenvalue weighted by atomic mass is 9.97. The lowest BCUT2D eigenvalue weighted by Crippen LogP contribution is -2.46. The molecule has 2 saturated heterocycles. The Kier molecular flexibility index (Phi) is 4.43. The van der Waals surface area contributed by atoms with Crippen LogP contribution in [0.2, 0.25) is 0 Å². The molecule has 116 valence electrons. The van der Waals surface area contributed by atoms with Crippen molar-refractivity contribution in [3.05, 3.63) is 22.2 Å². The zero-order valence-corrected chi connectivity index (χ0v) is 14.2. The highest BCUT2D eigenvalue weighted by Crippen LogP contribution is 2.39. The fraction of sp³-hybridized carbons (Fsp3) is 0.625. The summed E-state index contributed by atoms with van der Waals surface area (Å²) in [5.74, 6) is 1.77. The molecule has 0 radical (unpaired) electrons.